The van der Waals surface area contributed by atoms with E-state index in [1.807, 2.05) is 0 Å². The van der Waals surface area contributed by atoms with Crippen molar-refractivity contribution in [2.24, 2.45) is 10.8 Å². The van der Waals surface area contributed by atoms with Gasteiger partial charge in [0.25, 0.3) is 12.6 Å². The van der Waals surface area contributed by atoms with Gasteiger partial charge in [-0.15, -0.1) is 9.78 Å². The van der Waals surface area contributed by atoms with Crippen LogP contribution in [0.3, 0.4) is 0 Å². The summed E-state index contributed by atoms with van der Waals surface area (Å²) in [4.78, 5) is 57.6. The second kappa shape index (κ2) is 12.0. The van der Waals surface area contributed by atoms with E-state index in [9.17, 15) is 14.4 Å². The molecule has 0 saturated carbocycles. The van der Waals surface area contributed by atoms with Gasteiger partial charge in [0.2, 0.25) is 0 Å². The molecule has 0 radical (unpaired) electrons. The van der Waals surface area contributed by atoms with Gasteiger partial charge in [-0.3, -0.25) is 9.78 Å². The van der Waals surface area contributed by atoms with Crippen LogP contribution in [0.15, 0.2) is 48.5 Å². The number of hydrogen-bond acceptors (Lipinski definition) is 9. The van der Waals surface area contributed by atoms with Gasteiger partial charge in [-0.1, -0.05) is 77.9 Å². The monoisotopic (exact) mass is 502 g/mol. The minimum atomic E-state index is -1.31. The number of carbonyl (C=O) groups is 3. The van der Waals surface area contributed by atoms with Crippen LogP contribution in [0.4, 0.5) is 4.79 Å². The van der Waals surface area contributed by atoms with E-state index in [4.69, 9.17) is 29.0 Å². The van der Waals surface area contributed by atoms with Crippen molar-refractivity contribution in [2.75, 3.05) is 0 Å². The van der Waals surface area contributed by atoms with E-state index in [0.717, 1.165) is 0 Å². The van der Waals surface area contributed by atoms with Crippen LogP contribution in [0.2, 0.25) is 0 Å². The number of hydrogen-bond donors (Lipinski definition) is 0. The molecule has 0 fully saturated rings. The van der Waals surface area contributed by atoms with Crippen LogP contribution in [0, 0.1) is 24.7 Å². The number of ether oxygens (including phenoxy) is 2. The first-order valence-corrected chi connectivity index (χ1v) is 11.4. The van der Waals surface area contributed by atoms with Gasteiger partial charge in [0.05, 0.1) is 11.1 Å². The molecule has 0 aliphatic heterocycles. The number of rotatable bonds is 8. The SMILES string of the molecule is Cc1ccccc1C(=O)OOC(OC(=O)OC(OOC(=O)c1ccccc1C)C(C)(C)C)C(C)(C)C. The van der Waals surface area contributed by atoms with Gasteiger partial charge in [-0.2, -0.15) is 0 Å². The van der Waals surface area contributed by atoms with Crippen molar-refractivity contribution in [2.45, 2.75) is 68.0 Å². The van der Waals surface area contributed by atoms with Crippen molar-refractivity contribution in [1.29, 1.82) is 0 Å². The Bertz CT molecular complexity index is 980. The van der Waals surface area contributed by atoms with Gasteiger partial charge < -0.3 is 9.47 Å². The fourth-order valence-electron chi connectivity index (χ4n) is 2.75. The van der Waals surface area contributed by atoms with Crippen LogP contribution in [0.5, 0.6) is 0 Å². The lowest BCUT2D eigenvalue weighted by Crippen LogP contribution is -2.39. The summed E-state index contributed by atoms with van der Waals surface area (Å²) in [5, 5.41) is 0. The topological polar surface area (TPSA) is 107 Å². The van der Waals surface area contributed by atoms with E-state index in [1.165, 1.54) is 0 Å². The number of aryl methyl sites for hydroxylation is 2. The Hall–Kier alpha value is -3.43. The third kappa shape index (κ3) is 8.35. The first-order chi connectivity index (χ1) is 16.7. The first kappa shape index (κ1) is 28.8. The van der Waals surface area contributed by atoms with E-state index >= 15 is 0 Å². The lowest BCUT2D eigenvalue weighted by atomic mass is 9.96. The maximum Gasteiger partial charge on any atom is 0.513 e. The average Bonchev–Trinajstić information content (AvgIpc) is 2.78. The van der Waals surface area contributed by atoms with Crippen LogP contribution in [-0.4, -0.2) is 30.7 Å². The molecule has 0 amide bonds. The summed E-state index contributed by atoms with van der Waals surface area (Å²) < 4.78 is 10.6. The Morgan fingerprint density at radius 3 is 1.25 bits per heavy atom. The van der Waals surface area contributed by atoms with Crippen molar-refractivity contribution >= 4 is 18.1 Å². The smallest absolute Gasteiger partial charge is 0.400 e. The van der Waals surface area contributed by atoms with Crippen molar-refractivity contribution in [3.8, 4) is 0 Å². The van der Waals surface area contributed by atoms with Crippen LogP contribution in [-0.2, 0) is 29.0 Å². The minimum Gasteiger partial charge on any atom is -0.400 e. The summed E-state index contributed by atoms with van der Waals surface area (Å²) in [6.07, 6.45) is -3.80. The minimum absolute atomic E-state index is 0.310. The summed E-state index contributed by atoms with van der Waals surface area (Å²) in [6, 6.07) is 13.6. The lowest BCUT2D eigenvalue weighted by molar-refractivity contribution is -0.371. The maximum atomic E-state index is 12.6. The van der Waals surface area contributed by atoms with Gasteiger partial charge in [-0.25, -0.2) is 14.4 Å². The van der Waals surface area contributed by atoms with Crippen LogP contribution < -0.4 is 0 Å². The Kier molecular flexibility index (Phi) is 9.61. The van der Waals surface area contributed by atoms with E-state index in [0.29, 0.717) is 22.3 Å². The molecule has 0 saturated heterocycles. The molecule has 0 aliphatic rings. The highest BCUT2D eigenvalue weighted by Gasteiger charge is 2.37. The van der Waals surface area contributed by atoms with E-state index in [1.54, 1.807) is 104 Å². The molecule has 2 atom stereocenters. The molecular weight excluding hydrogens is 468 g/mol. The lowest BCUT2D eigenvalue weighted by Gasteiger charge is -2.30. The molecule has 9 nitrogen and oxygen atoms in total. The highest BCUT2D eigenvalue weighted by molar-refractivity contribution is 5.91. The molecule has 0 aromatic heterocycles. The van der Waals surface area contributed by atoms with Crippen molar-refractivity contribution in [3.63, 3.8) is 0 Å². The van der Waals surface area contributed by atoms with E-state index in [2.05, 4.69) is 0 Å². The zero-order valence-electron chi connectivity index (χ0n) is 21.9. The van der Waals surface area contributed by atoms with E-state index < -0.39 is 41.5 Å². The first-order valence-electron chi connectivity index (χ1n) is 11.4. The molecule has 9 heteroatoms. The molecule has 2 aromatic carbocycles. The average molecular weight is 503 g/mol. The molecule has 0 aliphatic carbocycles. The molecule has 196 valence electrons. The Morgan fingerprint density at radius 2 is 0.944 bits per heavy atom. The van der Waals surface area contributed by atoms with Crippen LogP contribution in [0.25, 0.3) is 0 Å². The molecule has 2 aromatic rings. The largest absolute Gasteiger partial charge is 0.513 e. The predicted octanol–water partition coefficient (Wildman–Crippen LogP) is 6.08. The molecule has 0 heterocycles. The fourth-order valence-corrected chi connectivity index (χ4v) is 2.75. The summed E-state index contributed by atoms with van der Waals surface area (Å²) in [6.45, 7) is 13.8. The number of carbonyl (C=O) groups excluding carboxylic acids is 3. The van der Waals surface area contributed by atoms with E-state index in [-0.39, 0.29) is 0 Å². The normalized spacial score (nSPS) is 13.3. The van der Waals surface area contributed by atoms with Crippen molar-refractivity contribution < 1.29 is 43.4 Å². The third-order valence-electron chi connectivity index (χ3n) is 4.97. The molecule has 0 N–H and O–H groups in total. The predicted molar refractivity (Wildman–Crippen MR) is 129 cm³/mol. The van der Waals surface area contributed by atoms with Crippen LogP contribution >= 0.6 is 0 Å². The molecule has 0 spiro atoms. The van der Waals surface area contributed by atoms with Gasteiger partial charge in [0.15, 0.2) is 0 Å². The Labute approximate surface area is 211 Å². The fraction of sp³-hybridized carbons (Fsp3) is 0.444. The molecular formula is C27H34O9. The van der Waals surface area contributed by atoms with Crippen LogP contribution in [0.1, 0.15) is 73.4 Å². The second-order valence-electron chi connectivity index (χ2n) is 10.4. The quantitative estimate of drug-likeness (QED) is 0.184. The summed E-state index contributed by atoms with van der Waals surface area (Å²) in [5.74, 6) is -1.48. The van der Waals surface area contributed by atoms with Gasteiger partial charge in [0, 0.05) is 10.8 Å². The Morgan fingerprint density at radius 1 is 0.611 bits per heavy atom. The maximum absolute atomic E-state index is 12.6. The standard InChI is InChI=1S/C27H34O9/c1-17-13-9-11-15-19(17)21(28)33-35-23(26(3,4)5)31-25(30)32-24(27(6,7)8)36-34-22(29)20-16-12-10-14-18(20)2/h9-16,23-24H,1-8H3. The molecule has 2 rings (SSSR count). The summed E-state index contributed by atoms with van der Waals surface area (Å²) in [5.41, 5.74) is 0.433. The van der Waals surface area contributed by atoms with Gasteiger partial charge >= 0.3 is 18.1 Å². The van der Waals surface area contributed by atoms with Crippen molar-refractivity contribution in [3.05, 3.63) is 70.8 Å². The molecule has 0 bridgehead atoms. The second-order valence-corrected chi connectivity index (χ2v) is 10.4. The highest BCUT2D eigenvalue weighted by atomic mass is 17.2. The highest BCUT2D eigenvalue weighted by Crippen LogP contribution is 2.28. The number of benzene rings is 2. The van der Waals surface area contributed by atoms with Gasteiger partial charge in [0.1, 0.15) is 0 Å². The molecule has 2 unspecified atom stereocenters. The summed E-state index contributed by atoms with van der Waals surface area (Å²) >= 11 is 0. The third-order valence-corrected chi connectivity index (χ3v) is 4.97. The Balaban J connectivity index is 2.03. The zero-order valence-corrected chi connectivity index (χ0v) is 21.9. The summed E-state index contributed by atoms with van der Waals surface area (Å²) in [7, 11) is 0. The zero-order chi connectivity index (χ0) is 27.1. The van der Waals surface area contributed by atoms with Crippen molar-refractivity contribution in [1.82, 2.24) is 0 Å². The molecule has 36 heavy (non-hydrogen) atoms. The van der Waals surface area contributed by atoms with Gasteiger partial charge in [-0.05, 0) is 37.1 Å².